The smallest absolute Gasteiger partial charge is 0.257 e. The van der Waals surface area contributed by atoms with Crippen LogP contribution in [0.5, 0.6) is 0 Å². The zero-order chi connectivity index (χ0) is 24.6. The highest BCUT2D eigenvalue weighted by molar-refractivity contribution is 7.99. The largest absolute Gasteiger partial charge is 0.325 e. The molecule has 7 nitrogen and oxygen atoms in total. The molecule has 0 saturated carbocycles. The fourth-order valence-corrected chi connectivity index (χ4v) is 4.31. The number of carbonyl (C=O) groups is 2. The lowest BCUT2D eigenvalue weighted by Gasteiger charge is -2.12. The molecule has 0 bridgehead atoms. The molecule has 0 aliphatic carbocycles. The van der Waals surface area contributed by atoms with Crippen molar-refractivity contribution < 1.29 is 14.0 Å². The van der Waals surface area contributed by atoms with E-state index in [-0.39, 0.29) is 17.5 Å². The highest BCUT2D eigenvalue weighted by atomic mass is 32.2. The van der Waals surface area contributed by atoms with Gasteiger partial charge in [0.25, 0.3) is 5.91 Å². The van der Waals surface area contributed by atoms with Crippen LogP contribution < -0.4 is 10.6 Å². The predicted molar refractivity (Wildman–Crippen MR) is 135 cm³/mol. The fraction of sp³-hybridized carbons (Fsp3) is 0.154. The number of thioether (sulfide) groups is 1. The summed E-state index contributed by atoms with van der Waals surface area (Å²) in [5.41, 5.74) is 2.29. The number of nitrogens with one attached hydrogen (secondary N) is 2. The first kappa shape index (κ1) is 24.2. The van der Waals surface area contributed by atoms with Gasteiger partial charge in [0.1, 0.15) is 11.6 Å². The van der Waals surface area contributed by atoms with Gasteiger partial charge >= 0.3 is 0 Å². The molecule has 0 saturated heterocycles. The number of halogens is 1. The molecular weight excluding hydrogens is 465 g/mol. The quantitative estimate of drug-likeness (QED) is 0.323. The standard InChI is InChI=1S/C26H24FN5O2S/c1-2-32-23(16-18-8-4-3-5-9-18)30-31-26(32)35-17-24(33)29-22-11-7-6-10-21(22)25(34)28-20-14-12-19(27)13-15-20/h3-15H,2,16-17H2,1H3,(H,28,34)(H,29,33). The van der Waals surface area contributed by atoms with E-state index in [0.717, 1.165) is 11.4 Å². The van der Waals surface area contributed by atoms with Crippen LogP contribution in [0.4, 0.5) is 15.8 Å². The van der Waals surface area contributed by atoms with E-state index < -0.39 is 5.91 Å². The minimum atomic E-state index is -0.406. The minimum absolute atomic E-state index is 0.109. The van der Waals surface area contributed by atoms with Crippen LogP contribution in [0.15, 0.2) is 84.0 Å². The van der Waals surface area contributed by atoms with E-state index in [1.54, 1.807) is 24.3 Å². The number of aromatic nitrogens is 3. The third-order valence-electron chi connectivity index (χ3n) is 5.19. The van der Waals surface area contributed by atoms with E-state index in [9.17, 15) is 14.0 Å². The summed E-state index contributed by atoms with van der Waals surface area (Å²) in [6.45, 7) is 2.70. The Bertz CT molecular complexity index is 1310. The number of amides is 2. The summed E-state index contributed by atoms with van der Waals surface area (Å²) in [5, 5.41) is 14.8. The Labute approximate surface area is 206 Å². The van der Waals surface area contributed by atoms with Gasteiger partial charge in [-0.2, -0.15) is 0 Å². The van der Waals surface area contributed by atoms with E-state index in [2.05, 4.69) is 20.8 Å². The van der Waals surface area contributed by atoms with Gasteiger partial charge in [-0.05, 0) is 48.9 Å². The molecule has 0 aliphatic rings. The molecule has 1 heterocycles. The molecule has 4 aromatic rings. The molecule has 3 aromatic carbocycles. The third kappa shape index (κ3) is 6.33. The molecule has 4 rings (SSSR count). The van der Waals surface area contributed by atoms with Gasteiger partial charge in [0.05, 0.1) is 17.0 Å². The summed E-state index contributed by atoms with van der Waals surface area (Å²) in [6, 6.07) is 22.2. The van der Waals surface area contributed by atoms with Crippen LogP contribution in [-0.2, 0) is 17.8 Å². The summed E-state index contributed by atoms with van der Waals surface area (Å²) in [5.74, 6) is -0.121. The lowest BCUT2D eigenvalue weighted by molar-refractivity contribution is -0.113. The molecule has 0 aliphatic heterocycles. The molecule has 0 atom stereocenters. The molecule has 9 heteroatoms. The van der Waals surface area contributed by atoms with Crippen LogP contribution in [0.3, 0.4) is 0 Å². The van der Waals surface area contributed by atoms with E-state index >= 15 is 0 Å². The summed E-state index contributed by atoms with van der Waals surface area (Å²) in [4.78, 5) is 25.4. The Kier molecular flexibility index (Phi) is 7.89. The van der Waals surface area contributed by atoms with Gasteiger partial charge in [0.2, 0.25) is 5.91 Å². The van der Waals surface area contributed by atoms with E-state index in [1.807, 2.05) is 41.8 Å². The van der Waals surface area contributed by atoms with Gasteiger partial charge in [-0.25, -0.2) is 4.39 Å². The SMILES string of the molecule is CCn1c(Cc2ccccc2)nnc1SCC(=O)Nc1ccccc1C(=O)Nc1ccc(F)cc1. The van der Waals surface area contributed by atoms with Crippen LogP contribution in [0.1, 0.15) is 28.7 Å². The third-order valence-corrected chi connectivity index (χ3v) is 6.16. The second-order valence-corrected chi connectivity index (χ2v) is 8.59. The van der Waals surface area contributed by atoms with Crippen LogP contribution in [0.25, 0.3) is 0 Å². The van der Waals surface area contributed by atoms with Gasteiger partial charge in [-0.1, -0.05) is 54.2 Å². The number of carbonyl (C=O) groups excluding carboxylic acids is 2. The molecule has 0 unspecified atom stereocenters. The lowest BCUT2D eigenvalue weighted by atomic mass is 10.1. The maximum atomic E-state index is 13.1. The average Bonchev–Trinajstić information content (AvgIpc) is 3.26. The highest BCUT2D eigenvalue weighted by Gasteiger charge is 2.16. The van der Waals surface area contributed by atoms with Crippen molar-refractivity contribution in [3.8, 4) is 0 Å². The Balaban J connectivity index is 1.39. The molecule has 0 fully saturated rings. The summed E-state index contributed by atoms with van der Waals surface area (Å²) in [7, 11) is 0. The summed E-state index contributed by atoms with van der Waals surface area (Å²) < 4.78 is 15.1. The Morgan fingerprint density at radius 2 is 1.63 bits per heavy atom. The first-order valence-electron chi connectivity index (χ1n) is 11.1. The van der Waals surface area contributed by atoms with Gasteiger partial charge in [0.15, 0.2) is 5.16 Å². The van der Waals surface area contributed by atoms with Gasteiger partial charge in [-0.3, -0.25) is 9.59 Å². The Morgan fingerprint density at radius 1 is 0.914 bits per heavy atom. The lowest BCUT2D eigenvalue weighted by Crippen LogP contribution is -2.19. The second-order valence-electron chi connectivity index (χ2n) is 7.65. The topological polar surface area (TPSA) is 88.9 Å². The minimum Gasteiger partial charge on any atom is -0.325 e. The second kappa shape index (κ2) is 11.4. The number of hydrogen-bond acceptors (Lipinski definition) is 5. The van der Waals surface area contributed by atoms with Crippen molar-refractivity contribution >= 4 is 35.0 Å². The van der Waals surface area contributed by atoms with Crippen LogP contribution in [0.2, 0.25) is 0 Å². The normalized spacial score (nSPS) is 10.7. The summed E-state index contributed by atoms with van der Waals surface area (Å²) in [6.07, 6.45) is 0.658. The van der Waals surface area contributed by atoms with Gasteiger partial charge in [-0.15, -0.1) is 10.2 Å². The van der Waals surface area contributed by atoms with Crippen molar-refractivity contribution in [2.45, 2.75) is 25.0 Å². The number of benzene rings is 3. The zero-order valence-corrected chi connectivity index (χ0v) is 19.9. The van der Waals surface area contributed by atoms with Crippen molar-refractivity contribution in [3.63, 3.8) is 0 Å². The summed E-state index contributed by atoms with van der Waals surface area (Å²) >= 11 is 1.29. The van der Waals surface area contributed by atoms with E-state index in [0.29, 0.717) is 35.1 Å². The maximum Gasteiger partial charge on any atom is 0.257 e. The number of para-hydroxylation sites is 1. The van der Waals surface area contributed by atoms with Crippen LogP contribution >= 0.6 is 11.8 Å². The van der Waals surface area contributed by atoms with Gasteiger partial charge in [0, 0.05) is 18.7 Å². The number of anilines is 2. The monoisotopic (exact) mass is 489 g/mol. The van der Waals surface area contributed by atoms with Crippen molar-refractivity contribution in [3.05, 3.63) is 102 Å². The molecule has 0 radical (unpaired) electrons. The molecule has 0 spiro atoms. The van der Waals surface area contributed by atoms with E-state index in [1.165, 1.54) is 36.0 Å². The molecule has 178 valence electrons. The molecule has 2 amide bonds. The van der Waals surface area contributed by atoms with Crippen molar-refractivity contribution in [1.82, 2.24) is 14.8 Å². The fourth-order valence-electron chi connectivity index (χ4n) is 3.49. The molecule has 1 aromatic heterocycles. The number of hydrogen-bond donors (Lipinski definition) is 2. The van der Waals surface area contributed by atoms with Crippen molar-refractivity contribution in [2.75, 3.05) is 16.4 Å². The number of nitrogens with zero attached hydrogens (tertiary/aromatic N) is 3. The Hall–Kier alpha value is -3.98. The van der Waals surface area contributed by atoms with E-state index in [4.69, 9.17) is 0 Å². The first-order valence-corrected chi connectivity index (χ1v) is 12.1. The van der Waals surface area contributed by atoms with Crippen LogP contribution in [0, 0.1) is 5.82 Å². The molecular formula is C26H24FN5O2S. The zero-order valence-electron chi connectivity index (χ0n) is 19.1. The first-order chi connectivity index (χ1) is 17.0. The van der Waals surface area contributed by atoms with Crippen LogP contribution in [-0.4, -0.2) is 32.3 Å². The van der Waals surface area contributed by atoms with Gasteiger partial charge < -0.3 is 15.2 Å². The molecule has 35 heavy (non-hydrogen) atoms. The molecule has 2 N–H and O–H groups in total. The Morgan fingerprint density at radius 3 is 2.37 bits per heavy atom. The van der Waals surface area contributed by atoms with Crippen molar-refractivity contribution in [2.24, 2.45) is 0 Å². The van der Waals surface area contributed by atoms with Crippen molar-refractivity contribution in [1.29, 1.82) is 0 Å². The predicted octanol–water partition coefficient (Wildman–Crippen LogP) is 5.01. The maximum absolute atomic E-state index is 13.1. The number of rotatable bonds is 9. The average molecular weight is 490 g/mol. The highest BCUT2D eigenvalue weighted by Crippen LogP contribution is 2.21.